The average Bonchev–Trinajstić information content (AvgIpc) is 3.74. The number of rotatable bonds is 7. The summed E-state index contributed by atoms with van der Waals surface area (Å²) in [6.07, 6.45) is 6.50. The first-order valence-electron chi connectivity index (χ1n) is 11.0. The highest BCUT2D eigenvalue weighted by Gasteiger charge is 2.40. The summed E-state index contributed by atoms with van der Waals surface area (Å²) in [5.74, 6) is 0.209. The highest BCUT2D eigenvalue weighted by atomic mass is 32.2. The minimum atomic E-state index is -3.68. The Bertz CT molecular complexity index is 1470. The van der Waals surface area contributed by atoms with E-state index in [1.54, 1.807) is 23.7 Å². The predicted octanol–water partition coefficient (Wildman–Crippen LogP) is 4.31. The molecule has 1 amide bonds. The summed E-state index contributed by atoms with van der Waals surface area (Å²) in [6.45, 7) is 0.411. The molecule has 2 aliphatic rings. The van der Waals surface area contributed by atoms with Crippen molar-refractivity contribution in [1.82, 2.24) is 19.3 Å². The van der Waals surface area contributed by atoms with Crippen molar-refractivity contribution in [2.45, 2.75) is 43.4 Å². The maximum Gasteiger partial charge on any atom is 0.283 e. The van der Waals surface area contributed by atoms with E-state index in [0.717, 1.165) is 34.1 Å². The van der Waals surface area contributed by atoms with E-state index in [1.807, 2.05) is 28.8 Å². The maximum absolute atomic E-state index is 13.5. The second-order valence-corrected chi connectivity index (χ2v) is 11.6. The first kappa shape index (κ1) is 20.6. The van der Waals surface area contributed by atoms with E-state index >= 15 is 0 Å². The van der Waals surface area contributed by atoms with Gasteiger partial charge in [-0.3, -0.25) is 9.78 Å². The number of thiophene rings is 1. The molecule has 33 heavy (non-hydrogen) atoms. The van der Waals surface area contributed by atoms with Gasteiger partial charge in [0.25, 0.3) is 5.91 Å². The summed E-state index contributed by atoms with van der Waals surface area (Å²) in [4.78, 5) is 22.6. The largest absolute Gasteiger partial charge is 0.315 e. The van der Waals surface area contributed by atoms with Crippen molar-refractivity contribution in [2.75, 3.05) is 0 Å². The number of benzene rings is 1. The van der Waals surface area contributed by atoms with Crippen LogP contribution in [0.4, 0.5) is 0 Å². The highest BCUT2D eigenvalue weighted by molar-refractivity contribution is 7.91. The number of hydrogen-bond acceptors (Lipinski definition) is 6. The number of pyridine rings is 1. The minimum Gasteiger partial charge on any atom is -0.315 e. The lowest BCUT2D eigenvalue weighted by molar-refractivity contribution is 0.0971. The van der Waals surface area contributed by atoms with Crippen LogP contribution in [0, 0.1) is 0 Å². The van der Waals surface area contributed by atoms with Crippen LogP contribution in [0.1, 0.15) is 53.3 Å². The fourth-order valence-electron chi connectivity index (χ4n) is 4.21. The molecule has 6 rings (SSSR count). The quantitative estimate of drug-likeness (QED) is 0.427. The number of hydrogen-bond donors (Lipinski definition) is 1. The van der Waals surface area contributed by atoms with Gasteiger partial charge in [0.15, 0.2) is 0 Å². The van der Waals surface area contributed by atoms with Crippen molar-refractivity contribution in [3.8, 4) is 11.4 Å². The van der Waals surface area contributed by atoms with Crippen molar-refractivity contribution in [2.24, 2.45) is 0 Å². The van der Waals surface area contributed by atoms with E-state index in [4.69, 9.17) is 4.98 Å². The molecule has 4 aromatic rings. The normalized spacial score (nSPS) is 16.2. The van der Waals surface area contributed by atoms with E-state index in [2.05, 4.69) is 27.2 Å². The second-order valence-electron chi connectivity index (χ2n) is 8.70. The van der Waals surface area contributed by atoms with Crippen LogP contribution in [0.25, 0.3) is 21.5 Å². The van der Waals surface area contributed by atoms with Crippen LogP contribution >= 0.6 is 11.3 Å². The number of carbonyl (C=O) groups excluding carboxylic acids is 1. The molecule has 0 bridgehead atoms. The number of aromatic nitrogens is 3. The zero-order valence-corrected chi connectivity index (χ0v) is 19.4. The Morgan fingerprint density at radius 2 is 1.97 bits per heavy atom. The fraction of sp³-hybridized carbons (Fsp3) is 0.292. The van der Waals surface area contributed by atoms with Crippen molar-refractivity contribution in [3.05, 3.63) is 71.1 Å². The Morgan fingerprint density at radius 1 is 1.12 bits per heavy atom. The smallest absolute Gasteiger partial charge is 0.283 e. The third kappa shape index (κ3) is 3.85. The summed E-state index contributed by atoms with van der Waals surface area (Å²) < 4.78 is 30.5. The molecule has 7 nitrogen and oxygen atoms in total. The number of amides is 1. The lowest BCUT2D eigenvalue weighted by atomic mass is 10.1. The van der Waals surface area contributed by atoms with E-state index in [9.17, 15) is 13.2 Å². The maximum atomic E-state index is 13.5. The summed E-state index contributed by atoms with van der Waals surface area (Å²) in [6, 6.07) is 11.9. The summed E-state index contributed by atoms with van der Waals surface area (Å²) in [5, 5.41) is 2.72. The predicted molar refractivity (Wildman–Crippen MR) is 128 cm³/mol. The van der Waals surface area contributed by atoms with Gasteiger partial charge in [0.2, 0.25) is 10.0 Å². The molecule has 0 saturated heterocycles. The Morgan fingerprint density at radius 3 is 2.70 bits per heavy atom. The Hall–Kier alpha value is -3.04. The molecule has 1 N–H and O–H groups in total. The Kier molecular flexibility index (Phi) is 4.84. The van der Waals surface area contributed by atoms with Crippen molar-refractivity contribution < 1.29 is 13.2 Å². The van der Waals surface area contributed by atoms with Crippen LogP contribution < -0.4 is 4.72 Å². The molecule has 0 radical (unpaired) electrons. The lowest BCUT2D eigenvalue weighted by Crippen LogP contribution is -2.35. The molecular weight excluding hydrogens is 456 g/mol. The molecule has 9 heteroatoms. The van der Waals surface area contributed by atoms with Crippen molar-refractivity contribution in [3.63, 3.8) is 0 Å². The van der Waals surface area contributed by atoms with Crippen LogP contribution in [0.15, 0.2) is 54.2 Å². The van der Waals surface area contributed by atoms with Crippen LogP contribution in [0.2, 0.25) is 0 Å². The topological polar surface area (TPSA) is 93.9 Å². The zero-order valence-electron chi connectivity index (χ0n) is 17.8. The Balaban J connectivity index is 1.51. The molecule has 0 unspecified atom stereocenters. The number of fused-ring (bicyclic) bond motifs is 1. The first-order chi connectivity index (χ1) is 16.0. The molecule has 3 heterocycles. The van der Waals surface area contributed by atoms with Crippen LogP contribution in [0.5, 0.6) is 0 Å². The molecule has 0 atom stereocenters. The number of carbonyl (C=O) groups is 1. The monoisotopic (exact) mass is 478 g/mol. The number of nitrogens with zero attached hydrogens (tertiary/aromatic N) is 3. The van der Waals surface area contributed by atoms with Gasteiger partial charge >= 0.3 is 0 Å². The van der Waals surface area contributed by atoms with Gasteiger partial charge in [-0.05, 0) is 60.2 Å². The van der Waals surface area contributed by atoms with Gasteiger partial charge in [-0.25, -0.2) is 18.1 Å². The molecule has 1 aromatic carbocycles. The third-order valence-electron chi connectivity index (χ3n) is 6.18. The fourth-order valence-corrected chi connectivity index (χ4v) is 6.40. The SMILES string of the molecule is O=C(NS(=O)(=O)C1CC1)c1c(C2CC2)nc(-c2cccnc2)n1Cc1cccc2ccsc12. The van der Waals surface area contributed by atoms with Gasteiger partial charge in [-0.2, -0.15) is 0 Å². The highest BCUT2D eigenvalue weighted by Crippen LogP contribution is 2.43. The van der Waals surface area contributed by atoms with Gasteiger partial charge in [0.05, 0.1) is 17.5 Å². The van der Waals surface area contributed by atoms with E-state index in [0.29, 0.717) is 36.6 Å². The van der Waals surface area contributed by atoms with E-state index in [1.165, 1.54) is 0 Å². The number of nitrogens with one attached hydrogen (secondary N) is 1. The minimum absolute atomic E-state index is 0.170. The van der Waals surface area contributed by atoms with Crippen molar-refractivity contribution >= 4 is 37.4 Å². The third-order valence-corrected chi connectivity index (χ3v) is 9.01. The zero-order chi connectivity index (χ0) is 22.6. The summed E-state index contributed by atoms with van der Waals surface area (Å²) in [5.41, 5.74) is 2.87. The van der Waals surface area contributed by atoms with Gasteiger partial charge < -0.3 is 4.57 Å². The van der Waals surface area contributed by atoms with Crippen molar-refractivity contribution in [1.29, 1.82) is 0 Å². The molecule has 3 aromatic heterocycles. The van der Waals surface area contributed by atoms with Gasteiger partial charge in [0.1, 0.15) is 11.5 Å². The molecule has 0 aliphatic heterocycles. The standard InChI is InChI=1S/C24H22N4O3S2/c29-24(27-33(30,31)19-8-9-19)21-20(15-6-7-15)26-23(17-5-2-11-25-13-17)28(21)14-18-4-1-3-16-10-12-32-22(16)18/h1-5,10-13,15,19H,6-9,14H2,(H,27,29). The molecule has 168 valence electrons. The van der Waals surface area contributed by atoms with Crippen LogP contribution in [0.3, 0.4) is 0 Å². The molecule has 2 saturated carbocycles. The number of sulfonamides is 1. The van der Waals surface area contributed by atoms with Gasteiger partial charge in [-0.1, -0.05) is 18.2 Å². The first-order valence-corrected chi connectivity index (χ1v) is 13.5. The summed E-state index contributed by atoms with van der Waals surface area (Å²) in [7, 11) is -3.68. The van der Waals surface area contributed by atoms with E-state index < -0.39 is 21.2 Å². The van der Waals surface area contributed by atoms with E-state index in [-0.39, 0.29) is 5.92 Å². The molecular formula is C24H22N4O3S2. The van der Waals surface area contributed by atoms with Gasteiger partial charge in [0, 0.05) is 28.6 Å². The Labute approximate surface area is 195 Å². The van der Waals surface area contributed by atoms with Crippen LogP contribution in [-0.4, -0.2) is 34.1 Å². The molecule has 2 fully saturated rings. The van der Waals surface area contributed by atoms with Gasteiger partial charge in [-0.15, -0.1) is 11.3 Å². The molecule has 0 spiro atoms. The molecule has 2 aliphatic carbocycles. The number of imidazole rings is 1. The average molecular weight is 479 g/mol. The lowest BCUT2D eigenvalue weighted by Gasteiger charge is -2.14. The van der Waals surface area contributed by atoms with Crippen LogP contribution in [-0.2, 0) is 16.6 Å². The second kappa shape index (κ2) is 7.78. The summed E-state index contributed by atoms with van der Waals surface area (Å²) >= 11 is 1.65.